The SMILES string of the molecule is NC(=O)c1cncc(C(=O)NCC(O)C(O)CO)c1. The van der Waals surface area contributed by atoms with E-state index in [-0.39, 0.29) is 17.7 Å². The van der Waals surface area contributed by atoms with E-state index in [4.69, 9.17) is 15.9 Å². The summed E-state index contributed by atoms with van der Waals surface area (Å²) in [5, 5.41) is 29.4. The molecular formula is C11H15N3O5. The summed E-state index contributed by atoms with van der Waals surface area (Å²) in [5.41, 5.74) is 5.24. The van der Waals surface area contributed by atoms with Crippen molar-refractivity contribution in [2.45, 2.75) is 12.2 Å². The monoisotopic (exact) mass is 269 g/mol. The highest BCUT2D eigenvalue weighted by Gasteiger charge is 2.17. The Bertz CT molecular complexity index is 465. The number of carbonyl (C=O) groups is 2. The van der Waals surface area contributed by atoms with Crippen molar-refractivity contribution in [1.82, 2.24) is 10.3 Å². The molecule has 0 bridgehead atoms. The van der Waals surface area contributed by atoms with Crippen LogP contribution in [-0.2, 0) is 0 Å². The first-order valence-electron chi connectivity index (χ1n) is 5.45. The lowest BCUT2D eigenvalue weighted by Gasteiger charge is -2.15. The number of hydrogen-bond acceptors (Lipinski definition) is 6. The number of carbonyl (C=O) groups excluding carboxylic acids is 2. The van der Waals surface area contributed by atoms with Gasteiger partial charge in [0.2, 0.25) is 5.91 Å². The van der Waals surface area contributed by atoms with Crippen molar-refractivity contribution in [3.05, 3.63) is 29.6 Å². The lowest BCUT2D eigenvalue weighted by molar-refractivity contribution is -0.0123. The molecule has 0 fully saturated rings. The van der Waals surface area contributed by atoms with Crippen LogP contribution in [0.5, 0.6) is 0 Å². The molecular weight excluding hydrogens is 254 g/mol. The Hall–Kier alpha value is -2.03. The summed E-state index contributed by atoms with van der Waals surface area (Å²) in [6.45, 7) is -0.864. The third kappa shape index (κ3) is 4.28. The van der Waals surface area contributed by atoms with Crippen LogP contribution in [-0.4, -0.2) is 57.5 Å². The molecule has 0 saturated carbocycles. The van der Waals surface area contributed by atoms with Gasteiger partial charge < -0.3 is 26.4 Å². The third-order valence-corrected chi connectivity index (χ3v) is 2.39. The van der Waals surface area contributed by atoms with Gasteiger partial charge in [0, 0.05) is 18.9 Å². The van der Waals surface area contributed by atoms with Crippen LogP contribution in [0.4, 0.5) is 0 Å². The summed E-state index contributed by atoms with van der Waals surface area (Å²) in [5.74, 6) is -1.29. The maximum Gasteiger partial charge on any atom is 0.252 e. The number of amides is 2. The Labute approximate surface area is 108 Å². The van der Waals surface area contributed by atoms with E-state index in [1.54, 1.807) is 0 Å². The largest absolute Gasteiger partial charge is 0.394 e. The molecule has 104 valence electrons. The molecule has 0 radical (unpaired) electrons. The Morgan fingerprint density at radius 3 is 2.47 bits per heavy atom. The van der Waals surface area contributed by atoms with Crippen molar-refractivity contribution < 1.29 is 24.9 Å². The van der Waals surface area contributed by atoms with Gasteiger partial charge in [0.1, 0.15) is 6.10 Å². The molecule has 2 unspecified atom stereocenters. The van der Waals surface area contributed by atoms with E-state index in [1.807, 2.05) is 0 Å². The van der Waals surface area contributed by atoms with Crippen LogP contribution in [0.25, 0.3) is 0 Å². The molecule has 0 spiro atoms. The second-order valence-corrected chi connectivity index (χ2v) is 3.85. The highest BCUT2D eigenvalue weighted by molar-refractivity contribution is 5.98. The molecule has 1 rings (SSSR count). The number of pyridine rings is 1. The van der Waals surface area contributed by atoms with Crippen LogP contribution in [0, 0.1) is 0 Å². The molecule has 1 aromatic rings. The van der Waals surface area contributed by atoms with Crippen molar-refractivity contribution in [3.63, 3.8) is 0 Å². The molecule has 2 atom stereocenters. The van der Waals surface area contributed by atoms with Crippen LogP contribution in [0.2, 0.25) is 0 Å². The number of rotatable bonds is 6. The fourth-order valence-electron chi connectivity index (χ4n) is 1.26. The molecule has 0 saturated heterocycles. The first-order valence-corrected chi connectivity index (χ1v) is 5.45. The van der Waals surface area contributed by atoms with E-state index in [2.05, 4.69) is 10.3 Å². The minimum Gasteiger partial charge on any atom is -0.394 e. The molecule has 6 N–H and O–H groups in total. The van der Waals surface area contributed by atoms with Gasteiger partial charge in [-0.1, -0.05) is 0 Å². The van der Waals surface area contributed by atoms with Gasteiger partial charge in [0.05, 0.1) is 23.8 Å². The number of nitrogens with zero attached hydrogens (tertiary/aromatic N) is 1. The van der Waals surface area contributed by atoms with Gasteiger partial charge in [-0.2, -0.15) is 0 Å². The molecule has 8 nitrogen and oxygen atoms in total. The predicted molar refractivity (Wildman–Crippen MR) is 64.2 cm³/mol. The molecule has 2 amide bonds. The summed E-state index contributed by atoms with van der Waals surface area (Å²) < 4.78 is 0. The number of primary amides is 1. The standard InChI is InChI=1S/C11H15N3O5/c12-10(18)6-1-7(3-13-2-6)11(19)14-4-8(16)9(17)5-15/h1-3,8-9,15-17H,4-5H2,(H2,12,18)(H,14,19). The molecule has 0 aliphatic carbocycles. The van der Waals surface area contributed by atoms with Crippen LogP contribution in [0.3, 0.4) is 0 Å². The number of aromatic nitrogens is 1. The molecule has 0 aliphatic rings. The van der Waals surface area contributed by atoms with Crippen molar-refractivity contribution in [3.8, 4) is 0 Å². The number of aliphatic hydroxyl groups is 3. The smallest absolute Gasteiger partial charge is 0.252 e. The quantitative estimate of drug-likeness (QED) is 0.390. The number of nitrogens with one attached hydrogen (secondary N) is 1. The second-order valence-electron chi connectivity index (χ2n) is 3.85. The van der Waals surface area contributed by atoms with Crippen LogP contribution in [0.1, 0.15) is 20.7 Å². The zero-order valence-corrected chi connectivity index (χ0v) is 9.98. The van der Waals surface area contributed by atoms with Gasteiger partial charge in [-0.05, 0) is 6.07 Å². The topological polar surface area (TPSA) is 146 Å². The van der Waals surface area contributed by atoms with Crippen molar-refractivity contribution in [1.29, 1.82) is 0 Å². The van der Waals surface area contributed by atoms with Gasteiger partial charge in [0.25, 0.3) is 5.91 Å². The highest BCUT2D eigenvalue weighted by Crippen LogP contribution is 2.02. The van der Waals surface area contributed by atoms with Gasteiger partial charge in [-0.25, -0.2) is 0 Å². The number of nitrogens with two attached hydrogens (primary N) is 1. The van der Waals surface area contributed by atoms with E-state index >= 15 is 0 Å². The van der Waals surface area contributed by atoms with Gasteiger partial charge in [0.15, 0.2) is 0 Å². The lowest BCUT2D eigenvalue weighted by Crippen LogP contribution is -2.40. The van der Waals surface area contributed by atoms with Crippen LogP contribution >= 0.6 is 0 Å². The Morgan fingerprint density at radius 1 is 1.26 bits per heavy atom. The maximum atomic E-state index is 11.7. The Balaban J connectivity index is 2.63. The number of hydrogen-bond donors (Lipinski definition) is 5. The fourth-order valence-corrected chi connectivity index (χ4v) is 1.26. The van der Waals surface area contributed by atoms with Gasteiger partial charge >= 0.3 is 0 Å². The third-order valence-electron chi connectivity index (χ3n) is 2.39. The van der Waals surface area contributed by atoms with Crippen molar-refractivity contribution in [2.24, 2.45) is 5.73 Å². The lowest BCUT2D eigenvalue weighted by atomic mass is 10.1. The zero-order valence-electron chi connectivity index (χ0n) is 9.98. The van der Waals surface area contributed by atoms with E-state index in [0.717, 1.165) is 0 Å². The van der Waals surface area contributed by atoms with E-state index in [9.17, 15) is 14.7 Å². The highest BCUT2D eigenvalue weighted by atomic mass is 16.4. The molecule has 19 heavy (non-hydrogen) atoms. The van der Waals surface area contributed by atoms with Gasteiger partial charge in [-0.3, -0.25) is 14.6 Å². The van der Waals surface area contributed by atoms with Gasteiger partial charge in [-0.15, -0.1) is 0 Å². The van der Waals surface area contributed by atoms with Crippen molar-refractivity contribution >= 4 is 11.8 Å². The molecule has 0 aromatic carbocycles. The number of aliphatic hydroxyl groups excluding tert-OH is 3. The zero-order chi connectivity index (χ0) is 14.4. The van der Waals surface area contributed by atoms with E-state index < -0.39 is 30.6 Å². The minimum atomic E-state index is -1.34. The molecule has 0 aliphatic heterocycles. The first-order chi connectivity index (χ1) is 8.95. The molecule has 1 aromatic heterocycles. The average molecular weight is 269 g/mol. The molecule has 1 heterocycles. The summed E-state index contributed by atoms with van der Waals surface area (Å²) in [6.07, 6.45) is -0.170. The fraction of sp³-hybridized carbons (Fsp3) is 0.364. The van der Waals surface area contributed by atoms with E-state index in [1.165, 1.54) is 18.5 Å². The van der Waals surface area contributed by atoms with Crippen molar-refractivity contribution in [2.75, 3.05) is 13.2 Å². The Morgan fingerprint density at radius 2 is 1.89 bits per heavy atom. The second kappa shape index (κ2) is 6.78. The summed E-state index contributed by atoms with van der Waals surface area (Å²) in [4.78, 5) is 26.3. The average Bonchev–Trinajstić information content (AvgIpc) is 2.43. The summed E-state index contributed by atoms with van der Waals surface area (Å²) in [7, 11) is 0. The minimum absolute atomic E-state index is 0.0867. The summed E-state index contributed by atoms with van der Waals surface area (Å²) in [6, 6.07) is 1.26. The van der Waals surface area contributed by atoms with Crippen LogP contribution < -0.4 is 11.1 Å². The maximum absolute atomic E-state index is 11.7. The summed E-state index contributed by atoms with van der Waals surface area (Å²) >= 11 is 0. The van der Waals surface area contributed by atoms with E-state index in [0.29, 0.717) is 0 Å². The Kier molecular flexibility index (Phi) is 5.37. The first kappa shape index (κ1) is 15.0. The van der Waals surface area contributed by atoms with Crippen LogP contribution in [0.15, 0.2) is 18.5 Å². The molecule has 8 heteroatoms. The predicted octanol–water partition coefficient (Wildman–Crippen LogP) is -2.38. The normalized spacial score (nSPS) is 13.6.